The van der Waals surface area contributed by atoms with Crippen molar-refractivity contribution in [2.45, 2.75) is 77.4 Å². The summed E-state index contributed by atoms with van der Waals surface area (Å²) in [7, 11) is 0. The summed E-state index contributed by atoms with van der Waals surface area (Å²) >= 11 is 0. The van der Waals surface area contributed by atoms with Crippen molar-refractivity contribution in [2.24, 2.45) is 5.92 Å². The molecule has 2 aliphatic rings. The molecule has 2 atom stereocenters. The van der Waals surface area contributed by atoms with Crippen LogP contribution >= 0.6 is 0 Å². The molecule has 0 amide bonds. The Labute approximate surface area is 131 Å². The van der Waals surface area contributed by atoms with Gasteiger partial charge in [-0.15, -0.1) is 0 Å². The lowest BCUT2D eigenvalue weighted by Crippen LogP contribution is -2.50. The Kier molecular flexibility index (Phi) is 8.05. The van der Waals surface area contributed by atoms with Crippen LogP contribution < -0.4 is 5.32 Å². The van der Waals surface area contributed by atoms with Crippen LogP contribution in [0.3, 0.4) is 0 Å². The van der Waals surface area contributed by atoms with Crippen LogP contribution in [0.4, 0.5) is 0 Å². The maximum Gasteiger partial charge on any atom is 0.0702 e. The highest BCUT2D eigenvalue weighted by Gasteiger charge is 2.27. The Balaban J connectivity index is 1.80. The fraction of sp³-hybridized carbons (Fsp3) is 1.00. The largest absolute Gasteiger partial charge is 0.377 e. The Morgan fingerprint density at radius 2 is 1.90 bits per heavy atom. The number of rotatable bonds is 8. The van der Waals surface area contributed by atoms with Crippen LogP contribution in [0.5, 0.6) is 0 Å². The third-order valence-electron chi connectivity index (χ3n) is 5.16. The van der Waals surface area contributed by atoms with E-state index in [4.69, 9.17) is 4.74 Å². The van der Waals surface area contributed by atoms with Crippen LogP contribution in [0.15, 0.2) is 0 Å². The minimum absolute atomic E-state index is 0.479. The molecule has 1 saturated heterocycles. The SMILES string of the molecule is CCCOC1CCCN(CC(NCC)C2CCCCC2)C1. The first kappa shape index (κ1) is 17.2. The predicted octanol–water partition coefficient (Wildman–Crippen LogP) is 3.44. The van der Waals surface area contributed by atoms with Gasteiger partial charge in [-0.2, -0.15) is 0 Å². The monoisotopic (exact) mass is 296 g/mol. The van der Waals surface area contributed by atoms with E-state index in [9.17, 15) is 0 Å². The van der Waals surface area contributed by atoms with Gasteiger partial charge in [-0.3, -0.25) is 4.90 Å². The van der Waals surface area contributed by atoms with Crippen LogP contribution in [0, 0.1) is 5.92 Å². The van der Waals surface area contributed by atoms with E-state index in [0.717, 1.165) is 32.0 Å². The Hall–Kier alpha value is -0.120. The third-order valence-corrected chi connectivity index (χ3v) is 5.16. The van der Waals surface area contributed by atoms with E-state index in [1.165, 1.54) is 58.0 Å². The van der Waals surface area contributed by atoms with Crippen molar-refractivity contribution in [2.75, 3.05) is 32.8 Å². The first-order valence-electron chi connectivity index (χ1n) is 9.40. The van der Waals surface area contributed by atoms with Crippen molar-refractivity contribution in [1.82, 2.24) is 10.2 Å². The number of hydrogen-bond acceptors (Lipinski definition) is 3. The number of ether oxygens (including phenoxy) is 1. The highest BCUT2D eigenvalue weighted by molar-refractivity contribution is 4.84. The second kappa shape index (κ2) is 9.81. The van der Waals surface area contributed by atoms with Crippen LogP contribution in [-0.4, -0.2) is 49.8 Å². The molecule has 1 aliphatic heterocycles. The molecular formula is C18H36N2O. The van der Waals surface area contributed by atoms with Gasteiger partial charge >= 0.3 is 0 Å². The molecule has 1 heterocycles. The topological polar surface area (TPSA) is 24.5 Å². The summed E-state index contributed by atoms with van der Waals surface area (Å²) in [5.41, 5.74) is 0. The van der Waals surface area contributed by atoms with Gasteiger partial charge in [0.25, 0.3) is 0 Å². The van der Waals surface area contributed by atoms with E-state index in [2.05, 4.69) is 24.1 Å². The normalized spacial score (nSPS) is 26.9. The number of hydrogen-bond donors (Lipinski definition) is 1. The zero-order valence-electron chi connectivity index (χ0n) is 14.3. The fourth-order valence-corrected chi connectivity index (χ4v) is 4.06. The van der Waals surface area contributed by atoms with Gasteiger partial charge < -0.3 is 10.1 Å². The van der Waals surface area contributed by atoms with E-state index >= 15 is 0 Å². The van der Waals surface area contributed by atoms with E-state index in [-0.39, 0.29) is 0 Å². The van der Waals surface area contributed by atoms with Gasteiger partial charge in [-0.05, 0) is 51.1 Å². The first-order valence-corrected chi connectivity index (χ1v) is 9.40. The second-order valence-electron chi connectivity index (χ2n) is 6.96. The van der Waals surface area contributed by atoms with Gasteiger partial charge in [0.15, 0.2) is 0 Å². The summed E-state index contributed by atoms with van der Waals surface area (Å²) in [5, 5.41) is 3.78. The van der Waals surface area contributed by atoms with E-state index in [0.29, 0.717) is 12.1 Å². The number of likely N-dealkylation sites (N-methyl/N-ethyl adjacent to an activating group) is 1. The van der Waals surface area contributed by atoms with Gasteiger partial charge in [0.05, 0.1) is 6.10 Å². The molecule has 0 radical (unpaired) electrons. The van der Waals surface area contributed by atoms with E-state index in [1.54, 1.807) is 0 Å². The van der Waals surface area contributed by atoms with Crippen molar-refractivity contribution >= 4 is 0 Å². The van der Waals surface area contributed by atoms with E-state index < -0.39 is 0 Å². The molecule has 0 aromatic rings. The summed E-state index contributed by atoms with van der Waals surface area (Å²) in [6, 6.07) is 0.695. The standard InChI is InChI=1S/C18H36N2O/c1-3-13-21-17-11-8-12-20(14-17)15-18(19-4-2)16-9-6-5-7-10-16/h16-19H,3-15H2,1-2H3. The smallest absolute Gasteiger partial charge is 0.0702 e. The number of nitrogens with one attached hydrogen (secondary N) is 1. The summed E-state index contributed by atoms with van der Waals surface area (Å²) in [5.74, 6) is 0.899. The van der Waals surface area contributed by atoms with Crippen molar-refractivity contribution < 1.29 is 4.74 Å². The molecule has 1 N–H and O–H groups in total. The Bertz CT molecular complexity index is 266. The van der Waals surface area contributed by atoms with Gasteiger partial charge in [-0.25, -0.2) is 0 Å². The van der Waals surface area contributed by atoms with Gasteiger partial charge in [-0.1, -0.05) is 33.1 Å². The van der Waals surface area contributed by atoms with Crippen molar-refractivity contribution in [3.8, 4) is 0 Å². The van der Waals surface area contributed by atoms with Crippen molar-refractivity contribution in [3.63, 3.8) is 0 Å². The lowest BCUT2D eigenvalue weighted by molar-refractivity contribution is -0.00456. The Morgan fingerprint density at radius 1 is 1.10 bits per heavy atom. The molecule has 0 spiro atoms. The summed E-state index contributed by atoms with van der Waals surface area (Å²) in [6.45, 7) is 10.1. The highest BCUT2D eigenvalue weighted by atomic mass is 16.5. The summed E-state index contributed by atoms with van der Waals surface area (Å²) in [4.78, 5) is 2.66. The number of nitrogens with zero attached hydrogens (tertiary/aromatic N) is 1. The fourth-order valence-electron chi connectivity index (χ4n) is 4.06. The summed E-state index contributed by atoms with van der Waals surface area (Å²) in [6.07, 6.45) is 11.4. The maximum atomic E-state index is 5.99. The number of likely N-dealkylation sites (tertiary alicyclic amines) is 1. The van der Waals surface area contributed by atoms with Gasteiger partial charge in [0.1, 0.15) is 0 Å². The molecule has 3 heteroatoms. The molecular weight excluding hydrogens is 260 g/mol. The Morgan fingerprint density at radius 3 is 2.62 bits per heavy atom. The quantitative estimate of drug-likeness (QED) is 0.742. The average Bonchev–Trinajstić information content (AvgIpc) is 2.54. The molecule has 0 aromatic carbocycles. The molecule has 21 heavy (non-hydrogen) atoms. The van der Waals surface area contributed by atoms with Gasteiger partial charge in [0, 0.05) is 25.7 Å². The van der Waals surface area contributed by atoms with Gasteiger partial charge in [0.2, 0.25) is 0 Å². The minimum atomic E-state index is 0.479. The molecule has 3 nitrogen and oxygen atoms in total. The zero-order valence-corrected chi connectivity index (χ0v) is 14.3. The van der Waals surface area contributed by atoms with Crippen LogP contribution in [0.2, 0.25) is 0 Å². The maximum absolute atomic E-state index is 5.99. The zero-order chi connectivity index (χ0) is 14.9. The molecule has 0 bridgehead atoms. The van der Waals surface area contributed by atoms with Crippen molar-refractivity contribution in [3.05, 3.63) is 0 Å². The number of piperidine rings is 1. The lowest BCUT2D eigenvalue weighted by atomic mass is 9.83. The lowest BCUT2D eigenvalue weighted by Gasteiger charge is -2.38. The third kappa shape index (κ3) is 5.88. The molecule has 2 unspecified atom stereocenters. The average molecular weight is 296 g/mol. The second-order valence-corrected chi connectivity index (χ2v) is 6.96. The van der Waals surface area contributed by atoms with E-state index in [1.807, 2.05) is 0 Å². The predicted molar refractivity (Wildman–Crippen MR) is 89.7 cm³/mol. The molecule has 0 aromatic heterocycles. The molecule has 1 saturated carbocycles. The molecule has 2 rings (SSSR count). The summed E-state index contributed by atoms with van der Waals surface area (Å²) < 4.78 is 5.99. The van der Waals surface area contributed by atoms with Crippen LogP contribution in [0.1, 0.15) is 65.2 Å². The van der Waals surface area contributed by atoms with Crippen LogP contribution in [-0.2, 0) is 4.74 Å². The highest BCUT2D eigenvalue weighted by Crippen LogP contribution is 2.27. The molecule has 1 aliphatic carbocycles. The van der Waals surface area contributed by atoms with Crippen LogP contribution in [0.25, 0.3) is 0 Å². The molecule has 2 fully saturated rings. The molecule has 124 valence electrons. The van der Waals surface area contributed by atoms with Crippen molar-refractivity contribution in [1.29, 1.82) is 0 Å². The first-order chi connectivity index (χ1) is 10.3. The minimum Gasteiger partial charge on any atom is -0.377 e.